The molecule has 8 heteroatoms. The third kappa shape index (κ3) is 5.81. The number of aromatic nitrogens is 1. The van der Waals surface area contributed by atoms with Gasteiger partial charge in [0, 0.05) is 31.6 Å². The van der Waals surface area contributed by atoms with Crippen LogP contribution in [0.4, 0.5) is 0 Å². The van der Waals surface area contributed by atoms with E-state index in [0.717, 1.165) is 17.8 Å². The monoisotopic (exact) mass is 433 g/mol. The van der Waals surface area contributed by atoms with Crippen molar-refractivity contribution in [3.8, 4) is 0 Å². The molecule has 1 aliphatic rings. The van der Waals surface area contributed by atoms with Crippen LogP contribution in [0.2, 0.25) is 0 Å². The molecule has 0 radical (unpaired) electrons. The number of halogens is 2. The second-order valence-electron chi connectivity index (χ2n) is 7.73. The van der Waals surface area contributed by atoms with Gasteiger partial charge in [0.05, 0.1) is 6.04 Å². The standard InChI is InChI=1S/C19H29Cl2N3O2S/c1-12(2)10-16(25)23(4)15(11-13(3)17(20)21)19(26)24-8-5-6-14(24)18-22-7-9-27-18/h7,9,12-15,17H,5-6,8,10-11H2,1-4H3. The zero-order valence-corrected chi connectivity index (χ0v) is 18.7. The average molecular weight is 434 g/mol. The number of likely N-dealkylation sites (tertiary alicyclic amines) is 1. The van der Waals surface area contributed by atoms with Gasteiger partial charge in [-0.3, -0.25) is 9.59 Å². The van der Waals surface area contributed by atoms with Gasteiger partial charge in [-0.15, -0.1) is 34.5 Å². The number of alkyl halides is 2. The van der Waals surface area contributed by atoms with E-state index in [4.69, 9.17) is 23.2 Å². The molecule has 1 aromatic heterocycles. The van der Waals surface area contributed by atoms with Crippen molar-refractivity contribution in [2.75, 3.05) is 13.6 Å². The van der Waals surface area contributed by atoms with Gasteiger partial charge in [0.25, 0.3) is 0 Å². The summed E-state index contributed by atoms with van der Waals surface area (Å²) in [5, 5.41) is 2.89. The second-order valence-corrected chi connectivity index (χ2v) is 9.82. The van der Waals surface area contributed by atoms with Gasteiger partial charge in [-0.25, -0.2) is 4.98 Å². The van der Waals surface area contributed by atoms with Gasteiger partial charge in [0.2, 0.25) is 11.8 Å². The minimum atomic E-state index is -0.581. The van der Waals surface area contributed by atoms with Crippen molar-refractivity contribution in [1.29, 1.82) is 0 Å². The van der Waals surface area contributed by atoms with E-state index in [0.29, 0.717) is 19.4 Å². The lowest BCUT2D eigenvalue weighted by Gasteiger charge is -2.35. The summed E-state index contributed by atoms with van der Waals surface area (Å²) in [7, 11) is 1.71. The SMILES string of the molecule is CC(C)CC(=O)N(C)C(CC(C)C(Cl)Cl)C(=O)N1CCCC1c1nccs1. The molecule has 27 heavy (non-hydrogen) atoms. The van der Waals surface area contributed by atoms with Crippen LogP contribution in [-0.2, 0) is 9.59 Å². The predicted octanol–water partition coefficient (Wildman–Crippen LogP) is 4.51. The number of likely N-dealkylation sites (N-methyl/N-ethyl adjacent to an activating group) is 1. The molecule has 2 amide bonds. The Balaban J connectivity index is 2.22. The van der Waals surface area contributed by atoms with E-state index >= 15 is 0 Å². The number of thiazole rings is 1. The maximum Gasteiger partial charge on any atom is 0.245 e. The highest BCUT2D eigenvalue weighted by molar-refractivity contribution is 7.09. The summed E-state index contributed by atoms with van der Waals surface area (Å²) >= 11 is 13.7. The zero-order valence-electron chi connectivity index (χ0n) is 16.4. The Hall–Kier alpha value is -0.850. The molecule has 0 saturated carbocycles. The average Bonchev–Trinajstić information content (AvgIpc) is 3.27. The fourth-order valence-electron chi connectivity index (χ4n) is 3.42. The lowest BCUT2D eigenvalue weighted by Crippen LogP contribution is -2.50. The Morgan fingerprint density at radius 3 is 2.63 bits per heavy atom. The number of carbonyl (C=O) groups is 2. The molecule has 3 atom stereocenters. The Labute approximate surface area is 176 Å². The minimum Gasteiger partial charge on any atom is -0.334 e. The lowest BCUT2D eigenvalue weighted by atomic mass is 9.99. The van der Waals surface area contributed by atoms with Crippen molar-refractivity contribution in [2.24, 2.45) is 11.8 Å². The van der Waals surface area contributed by atoms with Crippen molar-refractivity contribution < 1.29 is 9.59 Å². The maximum atomic E-state index is 13.5. The van der Waals surface area contributed by atoms with Gasteiger partial charge >= 0.3 is 0 Å². The largest absolute Gasteiger partial charge is 0.334 e. The van der Waals surface area contributed by atoms with Gasteiger partial charge in [0.15, 0.2) is 0 Å². The minimum absolute atomic E-state index is 0.00768. The molecule has 1 fully saturated rings. The molecule has 1 aliphatic heterocycles. The first kappa shape index (κ1) is 22.4. The predicted molar refractivity (Wildman–Crippen MR) is 111 cm³/mol. The van der Waals surface area contributed by atoms with Crippen LogP contribution in [-0.4, -0.2) is 51.1 Å². The lowest BCUT2D eigenvalue weighted by molar-refractivity contribution is -0.146. The van der Waals surface area contributed by atoms with Crippen LogP contribution in [0.3, 0.4) is 0 Å². The Kier molecular flexibility index (Phi) is 8.38. The molecule has 3 unspecified atom stereocenters. The number of carbonyl (C=O) groups excluding carboxylic acids is 2. The highest BCUT2D eigenvalue weighted by Gasteiger charge is 2.39. The first-order valence-electron chi connectivity index (χ1n) is 9.46. The fraction of sp³-hybridized carbons (Fsp3) is 0.737. The summed E-state index contributed by atoms with van der Waals surface area (Å²) < 4.78 is 0. The molecular weight excluding hydrogens is 405 g/mol. The molecule has 152 valence electrons. The maximum absolute atomic E-state index is 13.5. The summed E-state index contributed by atoms with van der Waals surface area (Å²) in [5.74, 6) is 0.0728. The molecule has 0 aliphatic carbocycles. The van der Waals surface area contributed by atoms with Crippen LogP contribution in [0.25, 0.3) is 0 Å². The van der Waals surface area contributed by atoms with Crippen molar-refractivity contribution in [2.45, 2.75) is 63.4 Å². The zero-order chi connectivity index (χ0) is 20.1. The molecule has 0 N–H and O–H groups in total. The van der Waals surface area contributed by atoms with E-state index in [-0.39, 0.29) is 29.7 Å². The fourth-order valence-corrected chi connectivity index (χ4v) is 4.42. The summed E-state index contributed by atoms with van der Waals surface area (Å²) in [6.07, 6.45) is 4.46. The Bertz CT molecular complexity index is 624. The van der Waals surface area contributed by atoms with E-state index in [1.165, 1.54) is 0 Å². The molecule has 1 aromatic rings. The molecule has 5 nitrogen and oxygen atoms in total. The number of rotatable bonds is 8. The van der Waals surface area contributed by atoms with E-state index < -0.39 is 10.9 Å². The molecule has 0 aromatic carbocycles. The molecule has 0 bridgehead atoms. The molecular formula is C19H29Cl2N3O2S. The van der Waals surface area contributed by atoms with Gasteiger partial charge in [-0.2, -0.15) is 0 Å². The summed E-state index contributed by atoms with van der Waals surface area (Å²) in [4.78, 5) is 33.4. The van der Waals surface area contributed by atoms with Crippen molar-refractivity contribution in [3.05, 3.63) is 16.6 Å². The van der Waals surface area contributed by atoms with Crippen molar-refractivity contribution in [1.82, 2.24) is 14.8 Å². The van der Waals surface area contributed by atoms with Crippen LogP contribution < -0.4 is 0 Å². The number of hydrogen-bond acceptors (Lipinski definition) is 4. The summed E-state index contributed by atoms with van der Waals surface area (Å²) in [5.41, 5.74) is 0. The third-order valence-electron chi connectivity index (χ3n) is 5.03. The first-order chi connectivity index (χ1) is 12.7. The first-order valence-corrected chi connectivity index (χ1v) is 11.2. The summed E-state index contributed by atoms with van der Waals surface area (Å²) in [6, 6.07) is -0.571. The van der Waals surface area contributed by atoms with E-state index in [2.05, 4.69) is 4.98 Å². The molecule has 2 heterocycles. The molecule has 0 spiro atoms. The number of amides is 2. The van der Waals surface area contributed by atoms with Gasteiger partial charge in [-0.05, 0) is 31.1 Å². The van der Waals surface area contributed by atoms with E-state index in [1.54, 1.807) is 29.5 Å². The van der Waals surface area contributed by atoms with Crippen LogP contribution in [0, 0.1) is 11.8 Å². The van der Waals surface area contributed by atoms with Gasteiger partial charge < -0.3 is 9.80 Å². The van der Waals surface area contributed by atoms with Crippen LogP contribution in [0.1, 0.15) is 57.5 Å². The smallest absolute Gasteiger partial charge is 0.245 e. The quantitative estimate of drug-likeness (QED) is 0.566. The normalized spacial score (nSPS) is 19.6. The third-order valence-corrected chi connectivity index (χ3v) is 6.76. The van der Waals surface area contributed by atoms with Crippen LogP contribution in [0.5, 0.6) is 0 Å². The van der Waals surface area contributed by atoms with Crippen molar-refractivity contribution in [3.63, 3.8) is 0 Å². The molecule has 1 saturated heterocycles. The van der Waals surface area contributed by atoms with Crippen LogP contribution >= 0.6 is 34.5 Å². The van der Waals surface area contributed by atoms with E-state index in [9.17, 15) is 9.59 Å². The second kappa shape index (κ2) is 10.1. The highest BCUT2D eigenvalue weighted by atomic mass is 35.5. The Morgan fingerprint density at radius 1 is 1.37 bits per heavy atom. The number of hydrogen-bond donors (Lipinski definition) is 0. The van der Waals surface area contributed by atoms with Gasteiger partial charge in [0.1, 0.15) is 15.9 Å². The Morgan fingerprint density at radius 2 is 2.07 bits per heavy atom. The highest BCUT2D eigenvalue weighted by Crippen LogP contribution is 2.35. The molecule has 2 rings (SSSR count). The topological polar surface area (TPSA) is 53.5 Å². The van der Waals surface area contributed by atoms with Crippen LogP contribution in [0.15, 0.2) is 11.6 Å². The number of nitrogens with zero attached hydrogens (tertiary/aromatic N) is 3. The van der Waals surface area contributed by atoms with Gasteiger partial charge in [-0.1, -0.05) is 20.8 Å². The summed E-state index contributed by atoms with van der Waals surface area (Å²) in [6.45, 7) is 6.59. The van der Waals surface area contributed by atoms with Crippen molar-refractivity contribution >= 4 is 46.4 Å². The van der Waals surface area contributed by atoms with E-state index in [1.807, 2.05) is 31.1 Å².